The molecule has 3 nitrogen and oxygen atoms in total. The summed E-state index contributed by atoms with van der Waals surface area (Å²) >= 11 is 0. The molecule has 2 unspecified atom stereocenters. The van der Waals surface area contributed by atoms with Crippen LogP contribution in [0.3, 0.4) is 0 Å². The van der Waals surface area contributed by atoms with E-state index in [-0.39, 0.29) is 6.10 Å². The molecule has 102 valence electrons. The van der Waals surface area contributed by atoms with Gasteiger partial charge in [-0.05, 0) is 45.5 Å². The van der Waals surface area contributed by atoms with E-state index in [0.717, 1.165) is 6.42 Å². The molecular formula is C15H26N2O. The Labute approximate surface area is 111 Å². The van der Waals surface area contributed by atoms with Crippen LogP contribution in [0.2, 0.25) is 0 Å². The quantitative estimate of drug-likeness (QED) is 0.768. The lowest BCUT2D eigenvalue weighted by Crippen LogP contribution is -2.39. The van der Waals surface area contributed by atoms with Crippen LogP contribution in [-0.2, 0) is 6.42 Å². The summed E-state index contributed by atoms with van der Waals surface area (Å²) in [5.74, 6) is 0. The zero-order chi connectivity index (χ0) is 13.5. The summed E-state index contributed by atoms with van der Waals surface area (Å²) in [6.45, 7) is 5.65. The lowest BCUT2D eigenvalue weighted by Gasteiger charge is -2.20. The summed E-state index contributed by atoms with van der Waals surface area (Å²) in [6, 6.07) is 8.84. The Bertz CT molecular complexity index is 352. The number of nitrogens with zero attached hydrogens (tertiary/aromatic N) is 1. The highest BCUT2D eigenvalue weighted by Crippen LogP contribution is 2.09. The molecule has 1 aromatic rings. The van der Waals surface area contributed by atoms with Crippen molar-refractivity contribution in [2.45, 2.75) is 32.4 Å². The number of rotatable bonds is 7. The highest BCUT2D eigenvalue weighted by Gasteiger charge is 2.09. The van der Waals surface area contributed by atoms with Crippen LogP contribution in [0.4, 0.5) is 0 Å². The number of likely N-dealkylation sites (N-methyl/N-ethyl adjacent to an activating group) is 1. The van der Waals surface area contributed by atoms with Crippen LogP contribution in [0, 0.1) is 6.92 Å². The summed E-state index contributed by atoms with van der Waals surface area (Å²) in [4.78, 5) is 2.00. The first-order valence-corrected chi connectivity index (χ1v) is 6.59. The molecular weight excluding hydrogens is 224 g/mol. The molecule has 1 rings (SSSR count). The number of hydrogen-bond acceptors (Lipinski definition) is 3. The largest absolute Gasteiger partial charge is 0.390 e. The summed E-state index contributed by atoms with van der Waals surface area (Å²) < 4.78 is 0. The summed E-state index contributed by atoms with van der Waals surface area (Å²) in [7, 11) is 3.94. The fraction of sp³-hybridized carbons (Fsp3) is 0.600. The minimum absolute atomic E-state index is 0.306. The van der Waals surface area contributed by atoms with Gasteiger partial charge in [0.15, 0.2) is 0 Å². The van der Waals surface area contributed by atoms with E-state index in [2.05, 4.69) is 43.4 Å². The van der Waals surface area contributed by atoms with Crippen molar-refractivity contribution in [3.05, 3.63) is 35.4 Å². The van der Waals surface area contributed by atoms with Gasteiger partial charge in [-0.25, -0.2) is 0 Å². The molecule has 0 aromatic heterocycles. The first-order valence-electron chi connectivity index (χ1n) is 6.59. The van der Waals surface area contributed by atoms with Crippen LogP contribution in [-0.4, -0.2) is 49.3 Å². The standard InChI is InChI=1S/C15H26N2O/c1-12-7-5-6-8-14(12)9-13(2)16-10-15(18)11-17(3)4/h5-8,13,15-16,18H,9-11H2,1-4H3. The maximum Gasteiger partial charge on any atom is 0.0791 e. The van der Waals surface area contributed by atoms with Gasteiger partial charge in [0, 0.05) is 19.1 Å². The molecule has 18 heavy (non-hydrogen) atoms. The van der Waals surface area contributed by atoms with Crippen molar-refractivity contribution in [2.24, 2.45) is 0 Å². The minimum Gasteiger partial charge on any atom is -0.390 e. The van der Waals surface area contributed by atoms with Gasteiger partial charge in [-0.2, -0.15) is 0 Å². The topological polar surface area (TPSA) is 35.5 Å². The maximum atomic E-state index is 9.78. The molecule has 0 aliphatic carbocycles. The summed E-state index contributed by atoms with van der Waals surface area (Å²) in [6.07, 6.45) is 0.695. The first kappa shape index (κ1) is 15.2. The van der Waals surface area contributed by atoms with Gasteiger partial charge in [-0.15, -0.1) is 0 Å². The van der Waals surface area contributed by atoms with Gasteiger partial charge in [0.2, 0.25) is 0 Å². The molecule has 1 aromatic carbocycles. The third kappa shape index (κ3) is 5.63. The average Bonchev–Trinajstić information content (AvgIpc) is 2.29. The second-order valence-corrected chi connectivity index (χ2v) is 5.36. The maximum absolute atomic E-state index is 9.78. The molecule has 0 saturated heterocycles. The van der Waals surface area contributed by atoms with Gasteiger partial charge in [0.05, 0.1) is 6.10 Å². The Morgan fingerprint density at radius 3 is 2.56 bits per heavy atom. The Morgan fingerprint density at radius 2 is 1.94 bits per heavy atom. The van der Waals surface area contributed by atoms with Crippen molar-refractivity contribution < 1.29 is 5.11 Å². The molecule has 0 bridgehead atoms. The van der Waals surface area contributed by atoms with E-state index >= 15 is 0 Å². The SMILES string of the molecule is Cc1ccccc1CC(C)NCC(O)CN(C)C. The molecule has 0 amide bonds. The molecule has 0 saturated carbocycles. The van der Waals surface area contributed by atoms with Crippen LogP contribution in [0.5, 0.6) is 0 Å². The van der Waals surface area contributed by atoms with E-state index in [1.807, 2.05) is 19.0 Å². The third-order valence-corrected chi connectivity index (χ3v) is 3.07. The van der Waals surface area contributed by atoms with E-state index in [9.17, 15) is 5.11 Å². The van der Waals surface area contributed by atoms with Gasteiger partial charge in [-0.1, -0.05) is 24.3 Å². The number of benzene rings is 1. The minimum atomic E-state index is -0.306. The van der Waals surface area contributed by atoms with Crippen LogP contribution < -0.4 is 5.32 Å². The van der Waals surface area contributed by atoms with Gasteiger partial charge in [0.25, 0.3) is 0 Å². The van der Waals surface area contributed by atoms with Crippen molar-refractivity contribution in [1.29, 1.82) is 0 Å². The number of nitrogens with one attached hydrogen (secondary N) is 1. The monoisotopic (exact) mass is 250 g/mol. The van der Waals surface area contributed by atoms with Gasteiger partial charge in [0.1, 0.15) is 0 Å². The highest BCUT2D eigenvalue weighted by atomic mass is 16.3. The Balaban J connectivity index is 2.34. The zero-order valence-corrected chi connectivity index (χ0v) is 12.0. The molecule has 3 heteroatoms. The fourth-order valence-corrected chi connectivity index (χ4v) is 2.06. The van der Waals surface area contributed by atoms with Crippen molar-refractivity contribution in [1.82, 2.24) is 10.2 Å². The summed E-state index contributed by atoms with van der Waals surface area (Å²) in [5.41, 5.74) is 2.71. The van der Waals surface area contributed by atoms with E-state index in [1.165, 1.54) is 11.1 Å². The van der Waals surface area contributed by atoms with Gasteiger partial charge >= 0.3 is 0 Å². The number of aliphatic hydroxyl groups is 1. The van der Waals surface area contributed by atoms with Crippen molar-refractivity contribution in [3.63, 3.8) is 0 Å². The molecule has 0 fully saturated rings. The number of hydrogen-bond donors (Lipinski definition) is 2. The summed E-state index contributed by atoms with van der Waals surface area (Å²) in [5, 5.41) is 13.2. The Hall–Kier alpha value is -0.900. The van der Waals surface area contributed by atoms with Crippen molar-refractivity contribution in [2.75, 3.05) is 27.2 Å². The van der Waals surface area contributed by atoms with Gasteiger partial charge < -0.3 is 15.3 Å². The van der Waals surface area contributed by atoms with E-state index in [1.54, 1.807) is 0 Å². The first-order chi connectivity index (χ1) is 8.49. The molecule has 0 spiro atoms. The van der Waals surface area contributed by atoms with Crippen LogP contribution in [0.1, 0.15) is 18.1 Å². The predicted octanol–water partition coefficient (Wildman–Crippen LogP) is 1.44. The average molecular weight is 250 g/mol. The predicted molar refractivity (Wildman–Crippen MR) is 76.9 cm³/mol. The lowest BCUT2D eigenvalue weighted by atomic mass is 10.0. The Morgan fingerprint density at radius 1 is 1.28 bits per heavy atom. The molecule has 2 atom stereocenters. The fourth-order valence-electron chi connectivity index (χ4n) is 2.06. The molecule has 0 radical (unpaired) electrons. The van der Waals surface area contributed by atoms with Gasteiger partial charge in [-0.3, -0.25) is 0 Å². The highest BCUT2D eigenvalue weighted by molar-refractivity contribution is 5.26. The lowest BCUT2D eigenvalue weighted by molar-refractivity contribution is 0.132. The molecule has 0 heterocycles. The van der Waals surface area contributed by atoms with E-state index in [4.69, 9.17) is 0 Å². The zero-order valence-electron chi connectivity index (χ0n) is 12.0. The molecule has 0 aliphatic rings. The normalized spacial score (nSPS) is 14.8. The molecule has 2 N–H and O–H groups in total. The number of aryl methyl sites for hydroxylation is 1. The van der Waals surface area contributed by atoms with Crippen LogP contribution >= 0.6 is 0 Å². The Kier molecular flexibility index (Phi) is 6.33. The molecule has 0 aliphatic heterocycles. The van der Waals surface area contributed by atoms with Crippen molar-refractivity contribution >= 4 is 0 Å². The second-order valence-electron chi connectivity index (χ2n) is 5.36. The van der Waals surface area contributed by atoms with E-state index < -0.39 is 0 Å². The second kappa shape index (κ2) is 7.52. The van der Waals surface area contributed by atoms with Crippen LogP contribution in [0.25, 0.3) is 0 Å². The van der Waals surface area contributed by atoms with Crippen LogP contribution in [0.15, 0.2) is 24.3 Å². The third-order valence-electron chi connectivity index (χ3n) is 3.07. The van der Waals surface area contributed by atoms with Crippen molar-refractivity contribution in [3.8, 4) is 0 Å². The van der Waals surface area contributed by atoms with E-state index in [0.29, 0.717) is 19.1 Å². The smallest absolute Gasteiger partial charge is 0.0791 e. The number of aliphatic hydroxyl groups excluding tert-OH is 1.